The highest BCUT2D eigenvalue weighted by Crippen LogP contribution is 2.28. The van der Waals surface area contributed by atoms with Gasteiger partial charge in [0.05, 0.1) is 22.2 Å². The molecule has 0 N–H and O–H groups in total. The maximum absolute atomic E-state index is 13.0. The van der Waals surface area contributed by atoms with Gasteiger partial charge in [0.2, 0.25) is 0 Å². The van der Waals surface area contributed by atoms with Crippen molar-refractivity contribution in [3.05, 3.63) is 80.7 Å². The van der Waals surface area contributed by atoms with Crippen LogP contribution < -0.4 is 4.90 Å². The summed E-state index contributed by atoms with van der Waals surface area (Å²) < 4.78 is 1.70. The van der Waals surface area contributed by atoms with Crippen LogP contribution in [0.4, 0.5) is 11.5 Å². The van der Waals surface area contributed by atoms with E-state index >= 15 is 0 Å². The number of rotatable bonds is 4. The van der Waals surface area contributed by atoms with Crippen LogP contribution in [-0.4, -0.2) is 61.7 Å². The van der Waals surface area contributed by atoms with Gasteiger partial charge in [0.25, 0.3) is 11.6 Å². The Kier molecular flexibility index (Phi) is 5.76. The first-order valence-electron chi connectivity index (χ1n) is 10.4. The zero-order chi connectivity index (χ0) is 23.8. The minimum Gasteiger partial charge on any atom is -0.352 e. The molecule has 0 aliphatic carbocycles. The standard InChI is InChI=1S/C22H17Cl2N7O3/c23-14-2-1-3-16(10-14)30-21-18(12-27-30)20(25-13-26-21)28-6-8-29(9-7-28)22(32)17-5-4-15(24)11-19(17)31(33)34/h1-5,10-13H,6-9H2. The number of amides is 1. The second-order valence-electron chi connectivity index (χ2n) is 7.67. The molecule has 0 atom stereocenters. The van der Waals surface area contributed by atoms with E-state index in [0.717, 1.165) is 11.1 Å². The number of piperazine rings is 1. The molecule has 5 rings (SSSR count). The summed E-state index contributed by atoms with van der Waals surface area (Å²) in [5, 5.41) is 17.4. The lowest BCUT2D eigenvalue weighted by Gasteiger charge is -2.35. The summed E-state index contributed by atoms with van der Waals surface area (Å²) in [7, 11) is 0. The van der Waals surface area contributed by atoms with Gasteiger partial charge in [0, 0.05) is 42.3 Å². The lowest BCUT2D eigenvalue weighted by atomic mass is 10.1. The number of hydrogen-bond donors (Lipinski definition) is 0. The van der Waals surface area contributed by atoms with Gasteiger partial charge >= 0.3 is 0 Å². The number of anilines is 1. The van der Waals surface area contributed by atoms with Gasteiger partial charge in [0.15, 0.2) is 5.65 Å². The van der Waals surface area contributed by atoms with E-state index in [4.69, 9.17) is 23.2 Å². The van der Waals surface area contributed by atoms with E-state index < -0.39 is 10.8 Å². The third-order valence-electron chi connectivity index (χ3n) is 5.65. The van der Waals surface area contributed by atoms with Crippen molar-refractivity contribution in [2.24, 2.45) is 0 Å². The summed E-state index contributed by atoms with van der Waals surface area (Å²) in [4.78, 5) is 36.3. The second kappa shape index (κ2) is 8.88. The topological polar surface area (TPSA) is 110 Å². The Morgan fingerprint density at radius 1 is 1.00 bits per heavy atom. The summed E-state index contributed by atoms with van der Waals surface area (Å²) in [5.74, 6) is 0.312. The summed E-state index contributed by atoms with van der Waals surface area (Å²) in [6.07, 6.45) is 3.19. The average molecular weight is 498 g/mol. The van der Waals surface area contributed by atoms with Gasteiger partial charge in [-0.1, -0.05) is 29.3 Å². The molecule has 1 saturated heterocycles. The van der Waals surface area contributed by atoms with Crippen LogP contribution in [-0.2, 0) is 0 Å². The molecular formula is C22H17Cl2N7O3. The van der Waals surface area contributed by atoms with Crippen molar-refractivity contribution >= 4 is 51.6 Å². The monoisotopic (exact) mass is 497 g/mol. The molecule has 1 aliphatic heterocycles. The first-order chi connectivity index (χ1) is 16.4. The van der Waals surface area contributed by atoms with E-state index in [1.54, 1.807) is 27.9 Å². The van der Waals surface area contributed by atoms with E-state index in [2.05, 4.69) is 15.1 Å². The van der Waals surface area contributed by atoms with E-state index in [-0.39, 0.29) is 16.3 Å². The number of aromatic nitrogens is 4. The van der Waals surface area contributed by atoms with Crippen LogP contribution in [0.25, 0.3) is 16.7 Å². The molecule has 0 radical (unpaired) electrons. The maximum atomic E-state index is 13.0. The fourth-order valence-electron chi connectivity index (χ4n) is 4.01. The van der Waals surface area contributed by atoms with Crippen LogP contribution in [0.2, 0.25) is 10.0 Å². The van der Waals surface area contributed by atoms with Gasteiger partial charge in [-0.05, 0) is 30.3 Å². The van der Waals surface area contributed by atoms with Crippen LogP contribution >= 0.6 is 23.2 Å². The highest BCUT2D eigenvalue weighted by Gasteiger charge is 2.29. The van der Waals surface area contributed by atoms with Crippen LogP contribution in [0, 0.1) is 10.1 Å². The smallest absolute Gasteiger partial charge is 0.283 e. The molecule has 2 aromatic heterocycles. The van der Waals surface area contributed by atoms with Crippen molar-refractivity contribution in [2.45, 2.75) is 0 Å². The average Bonchev–Trinajstić information content (AvgIpc) is 3.28. The molecule has 34 heavy (non-hydrogen) atoms. The Hall–Kier alpha value is -3.76. The van der Waals surface area contributed by atoms with Crippen LogP contribution in [0.1, 0.15) is 10.4 Å². The second-order valence-corrected chi connectivity index (χ2v) is 8.54. The molecule has 12 heteroatoms. The molecule has 10 nitrogen and oxygen atoms in total. The van der Waals surface area contributed by atoms with E-state index in [1.807, 2.05) is 17.0 Å². The zero-order valence-electron chi connectivity index (χ0n) is 17.6. The normalized spacial score (nSPS) is 13.9. The Bertz CT molecular complexity index is 1420. The van der Waals surface area contributed by atoms with Crippen LogP contribution in [0.3, 0.4) is 0 Å². The molecular weight excluding hydrogens is 481 g/mol. The van der Waals surface area contributed by atoms with Crippen LogP contribution in [0.5, 0.6) is 0 Å². The molecule has 0 spiro atoms. The van der Waals surface area contributed by atoms with Crippen molar-refractivity contribution in [2.75, 3.05) is 31.1 Å². The third kappa shape index (κ3) is 4.02. The Labute approximate surface area is 203 Å². The van der Waals surface area contributed by atoms with Crippen molar-refractivity contribution in [3.8, 4) is 5.69 Å². The minimum absolute atomic E-state index is 0.0232. The van der Waals surface area contributed by atoms with Crippen molar-refractivity contribution in [3.63, 3.8) is 0 Å². The molecule has 0 unspecified atom stereocenters. The fraction of sp³-hybridized carbons (Fsp3) is 0.182. The zero-order valence-corrected chi connectivity index (χ0v) is 19.1. The molecule has 0 bridgehead atoms. The van der Waals surface area contributed by atoms with Gasteiger partial charge in [-0.15, -0.1) is 0 Å². The van der Waals surface area contributed by atoms with Crippen LogP contribution in [0.15, 0.2) is 55.0 Å². The minimum atomic E-state index is -0.593. The van der Waals surface area contributed by atoms with Gasteiger partial charge in [-0.2, -0.15) is 5.10 Å². The van der Waals surface area contributed by atoms with Gasteiger partial charge in [0.1, 0.15) is 17.7 Å². The molecule has 1 amide bonds. The van der Waals surface area contributed by atoms with Crippen molar-refractivity contribution < 1.29 is 9.72 Å². The summed E-state index contributed by atoms with van der Waals surface area (Å²) in [6, 6.07) is 11.4. The summed E-state index contributed by atoms with van der Waals surface area (Å²) >= 11 is 12.0. The number of halogens is 2. The molecule has 1 aliphatic rings. The lowest BCUT2D eigenvalue weighted by molar-refractivity contribution is -0.385. The van der Waals surface area contributed by atoms with Crippen molar-refractivity contribution in [1.29, 1.82) is 0 Å². The maximum Gasteiger partial charge on any atom is 0.283 e. The molecule has 3 heterocycles. The number of carbonyl (C=O) groups is 1. The van der Waals surface area contributed by atoms with E-state index in [1.165, 1.54) is 24.5 Å². The Morgan fingerprint density at radius 3 is 2.50 bits per heavy atom. The Morgan fingerprint density at radius 2 is 1.76 bits per heavy atom. The number of nitro benzene ring substituents is 1. The molecule has 1 fully saturated rings. The first-order valence-corrected chi connectivity index (χ1v) is 11.1. The number of nitrogens with zero attached hydrogens (tertiary/aromatic N) is 7. The summed E-state index contributed by atoms with van der Waals surface area (Å²) in [5.41, 5.74) is 1.15. The third-order valence-corrected chi connectivity index (χ3v) is 6.12. The van der Waals surface area contributed by atoms with Gasteiger partial charge in [-0.25, -0.2) is 14.6 Å². The predicted octanol–water partition coefficient (Wildman–Crippen LogP) is 3.99. The van der Waals surface area contributed by atoms with Gasteiger partial charge in [-0.3, -0.25) is 14.9 Å². The number of hydrogen-bond acceptors (Lipinski definition) is 7. The fourth-order valence-corrected chi connectivity index (χ4v) is 4.36. The number of carbonyl (C=O) groups excluding carboxylic acids is 1. The SMILES string of the molecule is O=C(c1ccc(Cl)cc1[N+](=O)[O-])N1CCN(c2ncnc3c2cnn3-c2cccc(Cl)c2)CC1. The van der Waals surface area contributed by atoms with Gasteiger partial charge < -0.3 is 9.80 Å². The molecule has 2 aromatic carbocycles. The number of benzene rings is 2. The Balaban J connectivity index is 1.37. The summed E-state index contributed by atoms with van der Waals surface area (Å²) in [6.45, 7) is 1.77. The van der Waals surface area contributed by atoms with Crippen molar-refractivity contribution in [1.82, 2.24) is 24.6 Å². The molecule has 172 valence electrons. The predicted molar refractivity (Wildman–Crippen MR) is 128 cm³/mol. The number of nitro groups is 1. The first kappa shape index (κ1) is 22.1. The van der Waals surface area contributed by atoms with E-state index in [0.29, 0.717) is 42.7 Å². The highest BCUT2D eigenvalue weighted by atomic mass is 35.5. The quantitative estimate of drug-likeness (QED) is 0.309. The molecule has 0 saturated carbocycles. The highest BCUT2D eigenvalue weighted by molar-refractivity contribution is 6.31. The molecule has 4 aromatic rings. The lowest BCUT2D eigenvalue weighted by Crippen LogP contribution is -2.49. The van der Waals surface area contributed by atoms with E-state index in [9.17, 15) is 14.9 Å². The number of fused-ring (bicyclic) bond motifs is 1. The largest absolute Gasteiger partial charge is 0.352 e.